The van der Waals surface area contributed by atoms with Crippen LogP contribution in [-0.2, 0) is 29.1 Å². The number of aromatic nitrogens is 2. The lowest BCUT2D eigenvalue weighted by molar-refractivity contribution is -0.147. The molecule has 1 saturated heterocycles. The molecule has 3 fully saturated rings. The van der Waals surface area contributed by atoms with Crippen molar-refractivity contribution < 1.29 is 37.0 Å². The summed E-state index contributed by atoms with van der Waals surface area (Å²) in [6.45, 7) is 3.97. The molecule has 16 heteroatoms. The van der Waals surface area contributed by atoms with Gasteiger partial charge in [0.25, 0.3) is 11.8 Å². The average Bonchev–Trinajstić information content (AvgIpc) is 3.99. The molecule has 0 unspecified atom stereocenters. The van der Waals surface area contributed by atoms with E-state index < -0.39 is 56.8 Å². The summed E-state index contributed by atoms with van der Waals surface area (Å²) in [6.07, 6.45) is 5.89. The van der Waals surface area contributed by atoms with Gasteiger partial charge in [0.15, 0.2) is 0 Å². The van der Waals surface area contributed by atoms with E-state index in [2.05, 4.69) is 15.0 Å². The zero-order valence-corrected chi connectivity index (χ0v) is 30.9. The predicted octanol–water partition coefficient (Wildman–Crippen LogP) is 4.31. The number of nitrogens with one attached hydrogen (secondary N) is 2. The summed E-state index contributed by atoms with van der Waals surface area (Å²) < 4.78 is 45.7. The Labute approximate surface area is 305 Å². The zero-order valence-electron chi connectivity index (χ0n) is 28.5. The van der Waals surface area contributed by atoms with Crippen LogP contribution in [-0.4, -0.2) is 90.3 Å². The van der Waals surface area contributed by atoms with Gasteiger partial charge < -0.3 is 24.4 Å². The molecule has 0 bridgehead atoms. The maximum atomic E-state index is 14.2. The van der Waals surface area contributed by atoms with Crippen molar-refractivity contribution in [2.45, 2.75) is 87.8 Å². The molecule has 2 saturated carbocycles. The molecule has 272 valence electrons. The second-order valence-corrected chi connectivity index (χ2v) is 16.8. The molecule has 2 N–H and O–H groups in total. The number of benzene rings is 1. The summed E-state index contributed by atoms with van der Waals surface area (Å²) in [7, 11) is -2.34. The van der Waals surface area contributed by atoms with Crippen molar-refractivity contribution in [3.63, 3.8) is 0 Å². The van der Waals surface area contributed by atoms with E-state index in [4.69, 9.17) is 30.8 Å². The highest BCUT2D eigenvalue weighted by atomic mass is 35.5. The summed E-state index contributed by atoms with van der Waals surface area (Å²) >= 11 is 8.17. The minimum atomic E-state index is -3.86. The Morgan fingerprint density at radius 3 is 2.73 bits per heavy atom. The van der Waals surface area contributed by atoms with Gasteiger partial charge >= 0.3 is 0 Å². The van der Waals surface area contributed by atoms with Gasteiger partial charge in [0.1, 0.15) is 51.0 Å². The molecule has 0 spiro atoms. The third-order valence-corrected chi connectivity index (χ3v) is 13.0. The minimum Gasteiger partial charge on any atom is -0.495 e. The van der Waals surface area contributed by atoms with Gasteiger partial charge in [-0.05, 0) is 64.5 Å². The first kappa shape index (κ1) is 35.6. The zero-order chi connectivity index (χ0) is 36.1. The molecular formula is C35H40ClN5O8S2. The van der Waals surface area contributed by atoms with Crippen molar-refractivity contribution in [3.05, 3.63) is 46.4 Å². The summed E-state index contributed by atoms with van der Waals surface area (Å²) in [5.41, 5.74) is 0.365. The molecule has 3 aromatic rings. The molecule has 5 atom stereocenters. The molecule has 4 aliphatic rings. The van der Waals surface area contributed by atoms with Crippen LogP contribution in [0.1, 0.15) is 57.6 Å². The molecule has 2 aliphatic carbocycles. The molecule has 0 radical (unpaired) electrons. The van der Waals surface area contributed by atoms with Crippen LogP contribution in [0.3, 0.4) is 0 Å². The normalized spacial score (nSPS) is 27.8. The Morgan fingerprint density at radius 1 is 1.20 bits per heavy atom. The number of aryl methyl sites for hydroxylation is 1. The molecule has 2 aromatic heterocycles. The van der Waals surface area contributed by atoms with E-state index in [0.29, 0.717) is 70.4 Å². The lowest BCUT2D eigenvalue weighted by Crippen LogP contribution is -2.57. The molecule has 3 amide bonds. The summed E-state index contributed by atoms with van der Waals surface area (Å²) in [5, 5.41) is 5.77. The molecule has 7 rings (SSSR count). The first-order valence-electron chi connectivity index (χ1n) is 17.1. The van der Waals surface area contributed by atoms with Crippen LogP contribution >= 0.6 is 22.9 Å². The second-order valence-electron chi connectivity index (χ2n) is 13.6. The van der Waals surface area contributed by atoms with Gasteiger partial charge in [0, 0.05) is 41.5 Å². The van der Waals surface area contributed by atoms with Crippen LogP contribution in [0.2, 0.25) is 5.02 Å². The van der Waals surface area contributed by atoms with E-state index in [9.17, 15) is 22.8 Å². The molecule has 4 heterocycles. The van der Waals surface area contributed by atoms with Crippen molar-refractivity contribution in [3.8, 4) is 22.2 Å². The molecule has 13 nitrogen and oxygen atoms in total. The lowest BCUT2D eigenvalue weighted by atomic mass is 10.1. The largest absolute Gasteiger partial charge is 0.495 e. The maximum absolute atomic E-state index is 14.2. The number of halogens is 1. The van der Waals surface area contributed by atoms with E-state index in [1.807, 2.05) is 24.5 Å². The Balaban J connectivity index is 1.21. The van der Waals surface area contributed by atoms with Crippen LogP contribution in [0.5, 0.6) is 11.5 Å². The third-order valence-electron chi connectivity index (χ3n) is 9.86. The summed E-state index contributed by atoms with van der Waals surface area (Å²) in [5.74, 6) is -1.24. The number of fused-ring (bicyclic) bond motifs is 3. The van der Waals surface area contributed by atoms with Gasteiger partial charge in [-0.2, -0.15) is 0 Å². The number of allylic oxidation sites excluding steroid dienone is 1. The number of pyridine rings is 1. The highest BCUT2D eigenvalue weighted by molar-refractivity contribution is 7.91. The fraction of sp³-hybridized carbons (Fsp3) is 0.514. The monoisotopic (exact) mass is 757 g/mol. The van der Waals surface area contributed by atoms with Crippen LogP contribution < -0.4 is 19.5 Å². The summed E-state index contributed by atoms with van der Waals surface area (Å²) in [6, 6.07) is 4.26. The SMILES string of the molecule is COc1ccc2c(O[C@@H]3C[C@H]4C(=O)N[C@]5(C(=O)NS(=O)(=O)C6CC6)C[C@H]5/C=C\CCCCO[C@H](C)C(=O)N4C3)cc(-c3nc(C)cs3)nc2c1Cl. The number of rotatable bonds is 7. The van der Waals surface area contributed by atoms with Gasteiger partial charge in [-0.1, -0.05) is 23.8 Å². The van der Waals surface area contributed by atoms with Crippen LogP contribution in [0, 0.1) is 12.8 Å². The van der Waals surface area contributed by atoms with E-state index in [0.717, 1.165) is 12.1 Å². The average molecular weight is 758 g/mol. The van der Waals surface area contributed by atoms with Gasteiger partial charge in [-0.3, -0.25) is 19.1 Å². The first-order chi connectivity index (χ1) is 24.4. The number of amides is 3. The Bertz CT molecular complexity index is 2020. The predicted molar refractivity (Wildman–Crippen MR) is 191 cm³/mol. The number of thiazole rings is 1. The van der Waals surface area contributed by atoms with Crippen LogP contribution in [0.15, 0.2) is 35.7 Å². The van der Waals surface area contributed by atoms with Gasteiger partial charge in [-0.15, -0.1) is 11.3 Å². The second kappa shape index (κ2) is 14.0. The number of hydrogen-bond donors (Lipinski definition) is 2. The third kappa shape index (κ3) is 7.17. The molecule has 2 aliphatic heterocycles. The quantitative estimate of drug-likeness (QED) is 0.332. The standard InChI is InChI=1S/C35H40ClN5O8S2/c1-19-18-50-32(37-19)25-15-28(24-11-12-27(47-3)29(36)30(24)38-25)49-22-14-26-31(42)39-35(34(44)40-51(45,46)23-9-10-23)16-21(35)8-6-4-5-7-13-48-20(2)33(43)41(26)17-22/h6,8,11-12,15,18,20-23,26H,4-5,7,9-10,13-14,16-17H2,1-3H3,(H,39,42)(H,40,44)/b8-6-/t20-,21-,22-,26+,35-/m1/s1. The van der Waals surface area contributed by atoms with E-state index in [-0.39, 0.29) is 25.3 Å². The topological polar surface area (TPSA) is 166 Å². The van der Waals surface area contributed by atoms with Crippen molar-refractivity contribution in [2.75, 3.05) is 20.3 Å². The van der Waals surface area contributed by atoms with Gasteiger partial charge in [0.2, 0.25) is 15.9 Å². The number of methoxy groups -OCH3 is 1. The Morgan fingerprint density at radius 2 is 2.00 bits per heavy atom. The van der Waals surface area contributed by atoms with E-state index in [1.54, 1.807) is 25.1 Å². The highest BCUT2D eigenvalue weighted by Gasteiger charge is 2.62. The molecule has 1 aromatic carbocycles. The number of carbonyl (C=O) groups excluding carboxylic acids is 3. The van der Waals surface area contributed by atoms with Crippen molar-refractivity contribution in [1.29, 1.82) is 0 Å². The summed E-state index contributed by atoms with van der Waals surface area (Å²) in [4.78, 5) is 52.6. The fourth-order valence-corrected chi connectivity index (χ4v) is 9.16. The molecular weight excluding hydrogens is 718 g/mol. The van der Waals surface area contributed by atoms with E-state index >= 15 is 0 Å². The fourth-order valence-electron chi connectivity index (χ4n) is 6.76. The van der Waals surface area contributed by atoms with Crippen LogP contribution in [0.25, 0.3) is 21.6 Å². The highest BCUT2D eigenvalue weighted by Crippen LogP contribution is 2.46. The van der Waals surface area contributed by atoms with Gasteiger partial charge in [0.05, 0.1) is 24.4 Å². The first-order valence-corrected chi connectivity index (χ1v) is 19.9. The number of sulfonamides is 1. The smallest absolute Gasteiger partial charge is 0.259 e. The van der Waals surface area contributed by atoms with Crippen molar-refractivity contribution in [2.24, 2.45) is 5.92 Å². The Kier molecular flexibility index (Phi) is 9.76. The van der Waals surface area contributed by atoms with Gasteiger partial charge in [-0.25, -0.2) is 18.4 Å². The number of carbonyl (C=O) groups is 3. The number of nitrogens with zero attached hydrogens (tertiary/aromatic N) is 3. The lowest BCUT2D eigenvalue weighted by Gasteiger charge is -2.28. The maximum Gasteiger partial charge on any atom is 0.259 e. The van der Waals surface area contributed by atoms with Crippen molar-refractivity contribution in [1.82, 2.24) is 24.9 Å². The Hall–Kier alpha value is -3.79. The minimum absolute atomic E-state index is 0.0581. The molecule has 51 heavy (non-hydrogen) atoms. The number of ether oxygens (including phenoxy) is 3. The van der Waals surface area contributed by atoms with Crippen molar-refractivity contribution >= 4 is 61.6 Å². The number of hydrogen-bond acceptors (Lipinski definition) is 11. The van der Waals surface area contributed by atoms with Crippen LogP contribution in [0.4, 0.5) is 0 Å². The van der Waals surface area contributed by atoms with E-state index in [1.165, 1.54) is 23.3 Å².